The Hall–Kier alpha value is -2.98. The monoisotopic (exact) mass is 441 g/mol. The molecule has 4 rings (SSSR count). The smallest absolute Gasteiger partial charge is 0.253 e. The molecule has 0 saturated carbocycles. The molecule has 1 fully saturated rings. The predicted octanol–water partition coefficient (Wildman–Crippen LogP) is 5.40. The zero-order chi connectivity index (χ0) is 23.2. The van der Waals surface area contributed by atoms with Gasteiger partial charge in [0.15, 0.2) is 0 Å². The standard InChI is InChI=1S/C29H35N3O/c1-22(2)17-32(29(33)25-14-12-23(3)13-15-25)19-26-18-31(20-27-11-7-8-16-30-27)21-28(26)24-9-5-4-6-10-24/h4-16,22,26,28H,17-21H2,1-3H3/t26-,28-/m0/s1. The molecule has 4 heteroatoms. The number of aromatic nitrogens is 1. The number of nitrogens with zero attached hydrogens (tertiary/aromatic N) is 3. The highest BCUT2D eigenvalue weighted by atomic mass is 16.2. The highest BCUT2D eigenvalue weighted by Crippen LogP contribution is 2.34. The van der Waals surface area contributed by atoms with Crippen LogP contribution in [0.15, 0.2) is 79.0 Å². The largest absolute Gasteiger partial charge is 0.338 e. The minimum atomic E-state index is 0.138. The third-order valence-corrected chi connectivity index (χ3v) is 6.48. The molecule has 1 aliphatic heterocycles. The van der Waals surface area contributed by atoms with Crippen LogP contribution in [0, 0.1) is 18.8 Å². The molecule has 2 heterocycles. The maximum Gasteiger partial charge on any atom is 0.253 e. The van der Waals surface area contributed by atoms with Gasteiger partial charge in [-0.2, -0.15) is 0 Å². The molecule has 1 aromatic heterocycles. The van der Waals surface area contributed by atoms with Crippen LogP contribution in [0.5, 0.6) is 0 Å². The fourth-order valence-electron chi connectivity index (χ4n) is 4.92. The molecule has 1 amide bonds. The Balaban J connectivity index is 1.56. The first-order valence-electron chi connectivity index (χ1n) is 12.0. The normalized spacial score (nSPS) is 18.5. The molecule has 0 radical (unpaired) electrons. The van der Waals surface area contributed by atoms with E-state index in [0.29, 0.717) is 17.8 Å². The first-order chi connectivity index (χ1) is 16.0. The minimum Gasteiger partial charge on any atom is -0.338 e. The van der Waals surface area contributed by atoms with E-state index in [1.54, 1.807) is 0 Å². The number of rotatable bonds is 8. The van der Waals surface area contributed by atoms with Crippen molar-refractivity contribution < 1.29 is 4.79 Å². The number of carbonyl (C=O) groups is 1. The molecule has 33 heavy (non-hydrogen) atoms. The van der Waals surface area contributed by atoms with Crippen LogP contribution >= 0.6 is 0 Å². The maximum absolute atomic E-state index is 13.5. The Morgan fingerprint density at radius 2 is 1.73 bits per heavy atom. The van der Waals surface area contributed by atoms with Crippen LogP contribution < -0.4 is 0 Å². The number of amides is 1. The Bertz CT molecular complexity index is 1020. The van der Waals surface area contributed by atoms with Gasteiger partial charge in [-0.15, -0.1) is 0 Å². The van der Waals surface area contributed by atoms with Gasteiger partial charge in [0.25, 0.3) is 5.91 Å². The molecule has 0 aliphatic carbocycles. The van der Waals surface area contributed by atoms with E-state index in [2.05, 4.69) is 78.0 Å². The van der Waals surface area contributed by atoms with Crippen molar-refractivity contribution in [1.29, 1.82) is 0 Å². The van der Waals surface area contributed by atoms with Crippen LogP contribution in [0.25, 0.3) is 0 Å². The number of hydrogen-bond acceptors (Lipinski definition) is 3. The predicted molar refractivity (Wildman–Crippen MR) is 134 cm³/mol. The lowest BCUT2D eigenvalue weighted by molar-refractivity contribution is 0.0703. The molecule has 0 bridgehead atoms. The van der Waals surface area contributed by atoms with E-state index in [9.17, 15) is 4.79 Å². The summed E-state index contributed by atoms with van der Waals surface area (Å²) in [7, 11) is 0. The summed E-state index contributed by atoms with van der Waals surface area (Å²) in [5.74, 6) is 1.33. The van der Waals surface area contributed by atoms with E-state index in [1.165, 1.54) is 11.1 Å². The van der Waals surface area contributed by atoms with Gasteiger partial charge in [-0.1, -0.05) is 67.9 Å². The summed E-state index contributed by atoms with van der Waals surface area (Å²) in [6.07, 6.45) is 1.86. The van der Waals surface area contributed by atoms with Crippen LogP contribution in [0.3, 0.4) is 0 Å². The van der Waals surface area contributed by atoms with Gasteiger partial charge in [0.2, 0.25) is 0 Å². The number of pyridine rings is 1. The van der Waals surface area contributed by atoms with Crippen LogP contribution in [-0.2, 0) is 6.54 Å². The van der Waals surface area contributed by atoms with Crippen molar-refractivity contribution in [3.8, 4) is 0 Å². The van der Waals surface area contributed by atoms with E-state index in [0.717, 1.165) is 44.0 Å². The van der Waals surface area contributed by atoms with E-state index in [1.807, 2.05) is 36.5 Å². The highest BCUT2D eigenvalue weighted by molar-refractivity contribution is 5.94. The summed E-state index contributed by atoms with van der Waals surface area (Å²) in [6, 6.07) is 24.9. The fraction of sp³-hybridized carbons (Fsp3) is 0.379. The summed E-state index contributed by atoms with van der Waals surface area (Å²) < 4.78 is 0. The number of carbonyl (C=O) groups excluding carboxylic acids is 1. The van der Waals surface area contributed by atoms with Gasteiger partial charge in [-0.3, -0.25) is 14.7 Å². The maximum atomic E-state index is 13.5. The van der Waals surface area contributed by atoms with Gasteiger partial charge in [-0.05, 0) is 48.6 Å². The molecule has 2 aromatic carbocycles. The molecule has 0 spiro atoms. The lowest BCUT2D eigenvalue weighted by Gasteiger charge is -2.30. The summed E-state index contributed by atoms with van der Waals surface area (Å²) in [4.78, 5) is 22.6. The number of hydrogen-bond donors (Lipinski definition) is 0. The Kier molecular flexibility index (Phi) is 7.56. The van der Waals surface area contributed by atoms with E-state index in [-0.39, 0.29) is 5.91 Å². The van der Waals surface area contributed by atoms with Crippen LogP contribution in [0.2, 0.25) is 0 Å². The van der Waals surface area contributed by atoms with Crippen molar-refractivity contribution in [2.45, 2.75) is 33.2 Å². The van der Waals surface area contributed by atoms with Crippen LogP contribution in [0.4, 0.5) is 0 Å². The van der Waals surface area contributed by atoms with Gasteiger partial charge >= 0.3 is 0 Å². The van der Waals surface area contributed by atoms with Crippen molar-refractivity contribution in [1.82, 2.24) is 14.8 Å². The van der Waals surface area contributed by atoms with Crippen LogP contribution in [0.1, 0.15) is 46.9 Å². The molecular formula is C29H35N3O. The molecule has 0 unspecified atom stereocenters. The van der Waals surface area contributed by atoms with Gasteiger partial charge in [0.1, 0.15) is 0 Å². The van der Waals surface area contributed by atoms with Gasteiger partial charge < -0.3 is 4.90 Å². The summed E-state index contributed by atoms with van der Waals surface area (Å²) >= 11 is 0. The molecular weight excluding hydrogens is 406 g/mol. The second-order valence-corrected chi connectivity index (χ2v) is 9.76. The van der Waals surface area contributed by atoms with Crippen LogP contribution in [-0.4, -0.2) is 46.9 Å². The SMILES string of the molecule is Cc1ccc(C(=O)N(CC(C)C)C[C@@H]2CN(Cc3ccccn3)C[C@H]2c2ccccc2)cc1. The zero-order valence-corrected chi connectivity index (χ0v) is 20.0. The Morgan fingerprint density at radius 3 is 2.39 bits per heavy atom. The minimum absolute atomic E-state index is 0.138. The second-order valence-electron chi connectivity index (χ2n) is 9.76. The summed E-state index contributed by atoms with van der Waals surface area (Å²) in [5.41, 5.74) is 4.41. The highest BCUT2D eigenvalue weighted by Gasteiger charge is 2.36. The van der Waals surface area contributed by atoms with Crippen molar-refractivity contribution in [3.05, 3.63) is 101 Å². The lowest BCUT2D eigenvalue weighted by Crippen LogP contribution is -2.39. The zero-order valence-electron chi connectivity index (χ0n) is 20.0. The molecule has 172 valence electrons. The van der Waals surface area contributed by atoms with Crippen molar-refractivity contribution in [2.75, 3.05) is 26.2 Å². The quantitative estimate of drug-likeness (QED) is 0.469. The topological polar surface area (TPSA) is 36.4 Å². The van der Waals surface area contributed by atoms with Crippen molar-refractivity contribution in [3.63, 3.8) is 0 Å². The van der Waals surface area contributed by atoms with Gasteiger partial charge in [0.05, 0.1) is 5.69 Å². The molecule has 1 saturated heterocycles. The first kappa shape index (κ1) is 23.2. The molecule has 1 aliphatic rings. The molecule has 4 nitrogen and oxygen atoms in total. The molecule has 2 atom stereocenters. The van der Waals surface area contributed by atoms with E-state index < -0.39 is 0 Å². The first-order valence-corrected chi connectivity index (χ1v) is 12.0. The number of likely N-dealkylation sites (tertiary alicyclic amines) is 1. The van der Waals surface area contributed by atoms with Crippen molar-refractivity contribution in [2.24, 2.45) is 11.8 Å². The average molecular weight is 442 g/mol. The summed E-state index contributed by atoms with van der Waals surface area (Å²) in [5, 5.41) is 0. The number of benzene rings is 2. The van der Waals surface area contributed by atoms with Gasteiger partial charge in [0, 0.05) is 50.4 Å². The Labute approximate surface area is 198 Å². The molecule has 0 N–H and O–H groups in total. The average Bonchev–Trinajstić information content (AvgIpc) is 3.21. The lowest BCUT2D eigenvalue weighted by atomic mass is 9.88. The third kappa shape index (κ3) is 6.08. The Morgan fingerprint density at radius 1 is 1.00 bits per heavy atom. The second kappa shape index (κ2) is 10.8. The fourth-order valence-corrected chi connectivity index (χ4v) is 4.92. The molecule has 3 aromatic rings. The third-order valence-electron chi connectivity index (χ3n) is 6.48. The van der Waals surface area contributed by atoms with E-state index >= 15 is 0 Å². The van der Waals surface area contributed by atoms with Gasteiger partial charge in [-0.25, -0.2) is 0 Å². The van der Waals surface area contributed by atoms with Crippen molar-refractivity contribution >= 4 is 5.91 Å². The summed E-state index contributed by atoms with van der Waals surface area (Å²) in [6.45, 7) is 10.8. The van der Waals surface area contributed by atoms with E-state index in [4.69, 9.17) is 0 Å². The number of aryl methyl sites for hydroxylation is 1.